The van der Waals surface area contributed by atoms with Crippen LogP contribution in [0.4, 0.5) is 4.39 Å². The molecule has 0 bridgehead atoms. The predicted octanol–water partition coefficient (Wildman–Crippen LogP) is 3.53. The first-order valence-corrected chi connectivity index (χ1v) is 7.11. The lowest BCUT2D eigenvalue weighted by Gasteiger charge is -2.08. The highest BCUT2D eigenvalue weighted by Crippen LogP contribution is 2.18. The molecule has 22 heavy (non-hydrogen) atoms. The SMILES string of the molecule is Cc1ccc2c(CNCc3ccccc3F)cc(=O)oc2c1. The largest absolute Gasteiger partial charge is 0.423 e. The Hall–Kier alpha value is -2.46. The minimum Gasteiger partial charge on any atom is -0.423 e. The summed E-state index contributed by atoms with van der Waals surface area (Å²) in [4.78, 5) is 11.6. The van der Waals surface area contributed by atoms with Crippen molar-refractivity contribution in [3.05, 3.63) is 81.5 Å². The smallest absolute Gasteiger partial charge is 0.336 e. The summed E-state index contributed by atoms with van der Waals surface area (Å²) in [5.41, 5.74) is 2.69. The summed E-state index contributed by atoms with van der Waals surface area (Å²) in [6.45, 7) is 2.82. The Morgan fingerprint density at radius 1 is 1.05 bits per heavy atom. The first-order valence-electron chi connectivity index (χ1n) is 7.11. The van der Waals surface area contributed by atoms with Crippen molar-refractivity contribution in [3.63, 3.8) is 0 Å². The number of aryl methyl sites for hydroxylation is 1. The monoisotopic (exact) mass is 297 g/mol. The lowest BCUT2D eigenvalue weighted by molar-refractivity contribution is 0.554. The van der Waals surface area contributed by atoms with Crippen LogP contribution in [-0.4, -0.2) is 0 Å². The Kier molecular flexibility index (Phi) is 4.02. The van der Waals surface area contributed by atoms with Gasteiger partial charge in [-0.15, -0.1) is 0 Å². The van der Waals surface area contributed by atoms with Gasteiger partial charge in [-0.05, 0) is 30.2 Å². The van der Waals surface area contributed by atoms with E-state index in [1.807, 2.05) is 25.1 Å². The maximum Gasteiger partial charge on any atom is 0.336 e. The molecular weight excluding hydrogens is 281 g/mol. The molecule has 112 valence electrons. The maximum atomic E-state index is 13.6. The van der Waals surface area contributed by atoms with Crippen LogP contribution in [0.1, 0.15) is 16.7 Å². The molecule has 0 saturated carbocycles. The standard InChI is InChI=1S/C18H16FNO2/c1-12-6-7-15-14(9-18(21)22-17(15)8-12)11-20-10-13-4-2-3-5-16(13)19/h2-9,20H,10-11H2,1H3. The van der Waals surface area contributed by atoms with Gasteiger partial charge in [0.15, 0.2) is 0 Å². The summed E-state index contributed by atoms with van der Waals surface area (Å²) >= 11 is 0. The molecule has 3 rings (SSSR count). The summed E-state index contributed by atoms with van der Waals surface area (Å²) in [5, 5.41) is 4.07. The molecule has 0 aliphatic carbocycles. The zero-order valence-corrected chi connectivity index (χ0v) is 12.2. The molecule has 3 nitrogen and oxygen atoms in total. The van der Waals surface area contributed by atoms with E-state index in [2.05, 4.69) is 5.32 Å². The third-order valence-electron chi connectivity index (χ3n) is 3.57. The van der Waals surface area contributed by atoms with Gasteiger partial charge >= 0.3 is 5.63 Å². The molecule has 1 aromatic heterocycles. The van der Waals surface area contributed by atoms with E-state index in [0.717, 1.165) is 16.5 Å². The molecule has 0 fully saturated rings. The number of halogens is 1. The average Bonchev–Trinajstić information content (AvgIpc) is 2.48. The zero-order valence-electron chi connectivity index (χ0n) is 12.2. The third-order valence-corrected chi connectivity index (χ3v) is 3.57. The van der Waals surface area contributed by atoms with Gasteiger partial charge in [0.25, 0.3) is 0 Å². The number of nitrogens with one attached hydrogen (secondary N) is 1. The van der Waals surface area contributed by atoms with Crippen LogP contribution < -0.4 is 10.9 Å². The van der Waals surface area contributed by atoms with E-state index in [4.69, 9.17) is 4.42 Å². The molecule has 1 heterocycles. The quantitative estimate of drug-likeness (QED) is 0.749. The van der Waals surface area contributed by atoms with Crippen LogP contribution in [0.15, 0.2) is 57.7 Å². The Morgan fingerprint density at radius 2 is 1.82 bits per heavy atom. The number of fused-ring (bicyclic) bond motifs is 1. The fourth-order valence-electron chi connectivity index (χ4n) is 2.46. The molecule has 0 spiro atoms. The fourth-order valence-corrected chi connectivity index (χ4v) is 2.46. The van der Waals surface area contributed by atoms with Crippen molar-refractivity contribution >= 4 is 11.0 Å². The Bertz CT molecular complexity index is 870. The number of benzene rings is 2. The topological polar surface area (TPSA) is 42.2 Å². The molecule has 0 unspecified atom stereocenters. The second kappa shape index (κ2) is 6.12. The van der Waals surface area contributed by atoms with E-state index in [0.29, 0.717) is 24.2 Å². The molecule has 1 N–H and O–H groups in total. The van der Waals surface area contributed by atoms with Gasteiger partial charge in [0.1, 0.15) is 11.4 Å². The van der Waals surface area contributed by atoms with Crippen LogP contribution in [-0.2, 0) is 13.1 Å². The highest BCUT2D eigenvalue weighted by Gasteiger charge is 2.06. The Balaban J connectivity index is 1.82. The van der Waals surface area contributed by atoms with E-state index in [-0.39, 0.29) is 11.4 Å². The van der Waals surface area contributed by atoms with Gasteiger partial charge in [-0.1, -0.05) is 30.3 Å². The molecule has 3 aromatic rings. The average molecular weight is 297 g/mol. The first-order chi connectivity index (χ1) is 10.6. The van der Waals surface area contributed by atoms with E-state index in [1.54, 1.807) is 18.2 Å². The van der Waals surface area contributed by atoms with Crippen molar-refractivity contribution in [2.24, 2.45) is 0 Å². The lowest BCUT2D eigenvalue weighted by atomic mass is 10.1. The zero-order chi connectivity index (χ0) is 15.5. The molecule has 0 aliphatic rings. The Morgan fingerprint density at radius 3 is 2.64 bits per heavy atom. The number of hydrogen-bond acceptors (Lipinski definition) is 3. The van der Waals surface area contributed by atoms with E-state index < -0.39 is 0 Å². The third kappa shape index (κ3) is 3.07. The highest BCUT2D eigenvalue weighted by molar-refractivity contribution is 5.80. The minimum atomic E-state index is -0.374. The summed E-state index contributed by atoms with van der Waals surface area (Å²) in [7, 11) is 0. The van der Waals surface area contributed by atoms with Gasteiger partial charge < -0.3 is 9.73 Å². The molecule has 2 aromatic carbocycles. The van der Waals surface area contributed by atoms with E-state index in [1.165, 1.54) is 12.1 Å². The molecule has 0 amide bonds. The van der Waals surface area contributed by atoms with Crippen molar-refractivity contribution in [1.29, 1.82) is 0 Å². The van der Waals surface area contributed by atoms with Gasteiger partial charge in [-0.25, -0.2) is 9.18 Å². The molecular formula is C18H16FNO2. The van der Waals surface area contributed by atoms with Crippen LogP contribution in [0.3, 0.4) is 0 Å². The van der Waals surface area contributed by atoms with Crippen LogP contribution in [0.2, 0.25) is 0 Å². The van der Waals surface area contributed by atoms with Crippen LogP contribution >= 0.6 is 0 Å². The van der Waals surface area contributed by atoms with Crippen LogP contribution in [0.5, 0.6) is 0 Å². The number of hydrogen-bond donors (Lipinski definition) is 1. The lowest BCUT2D eigenvalue weighted by Crippen LogP contribution is -2.15. The molecule has 0 radical (unpaired) electrons. The summed E-state index contributed by atoms with van der Waals surface area (Å²) in [5.74, 6) is -0.233. The fraction of sp³-hybridized carbons (Fsp3) is 0.167. The molecule has 0 atom stereocenters. The summed E-state index contributed by atoms with van der Waals surface area (Å²) in [6.07, 6.45) is 0. The predicted molar refractivity (Wildman–Crippen MR) is 84.2 cm³/mol. The maximum absolute atomic E-state index is 13.6. The Labute approximate surface area is 127 Å². The normalized spacial score (nSPS) is 11.0. The molecule has 0 saturated heterocycles. The van der Waals surface area contributed by atoms with E-state index >= 15 is 0 Å². The highest BCUT2D eigenvalue weighted by atomic mass is 19.1. The van der Waals surface area contributed by atoms with Gasteiger partial charge in [0, 0.05) is 30.1 Å². The molecule has 4 heteroatoms. The second-order valence-corrected chi connectivity index (χ2v) is 5.29. The summed E-state index contributed by atoms with van der Waals surface area (Å²) in [6, 6.07) is 13.9. The minimum absolute atomic E-state index is 0.233. The summed E-state index contributed by atoms with van der Waals surface area (Å²) < 4.78 is 18.8. The molecule has 0 aliphatic heterocycles. The van der Waals surface area contributed by atoms with Gasteiger partial charge in [-0.3, -0.25) is 0 Å². The van der Waals surface area contributed by atoms with Gasteiger partial charge in [0.2, 0.25) is 0 Å². The van der Waals surface area contributed by atoms with E-state index in [9.17, 15) is 9.18 Å². The van der Waals surface area contributed by atoms with Crippen molar-refractivity contribution < 1.29 is 8.81 Å². The van der Waals surface area contributed by atoms with Crippen molar-refractivity contribution in [1.82, 2.24) is 5.32 Å². The first kappa shape index (κ1) is 14.5. The number of rotatable bonds is 4. The van der Waals surface area contributed by atoms with Crippen molar-refractivity contribution in [3.8, 4) is 0 Å². The van der Waals surface area contributed by atoms with Crippen LogP contribution in [0, 0.1) is 12.7 Å². The van der Waals surface area contributed by atoms with Crippen molar-refractivity contribution in [2.45, 2.75) is 20.0 Å². The second-order valence-electron chi connectivity index (χ2n) is 5.29. The van der Waals surface area contributed by atoms with Crippen molar-refractivity contribution in [2.75, 3.05) is 0 Å². The van der Waals surface area contributed by atoms with Gasteiger partial charge in [-0.2, -0.15) is 0 Å². The van der Waals surface area contributed by atoms with Crippen LogP contribution in [0.25, 0.3) is 11.0 Å². The van der Waals surface area contributed by atoms with Gasteiger partial charge in [0.05, 0.1) is 0 Å².